The number of carbonyl (C=O) groups excluding carboxylic acids is 1. The Bertz CT molecular complexity index is 549. The maximum absolute atomic E-state index is 12.1. The van der Waals surface area contributed by atoms with Gasteiger partial charge in [-0.05, 0) is 43.4 Å². The van der Waals surface area contributed by atoms with Crippen LogP contribution in [-0.2, 0) is 5.41 Å². The standard InChI is InChI=1S/C17H22N2O2/c1-3-17(21,4-2)12-19-15(20)13-5-7-14(8-6-13)16(11-18)9-10-16/h5-8,21H,3-4,9-10,12H2,1-2H3,(H,19,20). The zero-order valence-electron chi connectivity index (χ0n) is 12.6. The van der Waals surface area contributed by atoms with Crippen molar-refractivity contribution in [2.24, 2.45) is 0 Å². The predicted molar refractivity (Wildman–Crippen MR) is 80.8 cm³/mol. The van der Waals surface area contributed by atoms with Crippen LogP contribution < -0.4 is 5.32 Å². The lowest BCUT2D eigenvalue weighted by Crippen LogP contribution is -2.42. The van der Waals surface area contributed by atoms with Crippen LogP contribution in [-0.4, -0.2) is 23.2 Å². The van der Waals surface area contributed by atoms with Crippen molar-refractivity contribution in [1.82, 2.24) is 5.32 Å². The van der Waals surface area contributed by atoms with Crippen molar-refractivity contribution < 1.29 is 9.90 Å². The number of amides is 1. The minimum atomic E-state index is -0.839. The summed E-state index contributed by atoms with van der Waals surface area (Å²) >= 11 is 0. The van der Waals surface area contributed by atoms with Gasteiger partial charge in [0.05, 0.1) is 17.1 Å². The zero-order chi connectivity index (χ0) is 15.5. The third-order valence-corrected chi connectivity index (χ3v) is 4.56. The van der Waals surface area contributed by atoms with E-state index in [1.807, 2.05) is 26.0 Å². The van der Waals surface area contributed by atoms with E-state index in [-0.39, 0.29) is 17.9 Å². The monoisotopic (exact) mass is 286 g/mol. The van der Waals surface area contributed by atoms with Crippen LogP contribution in [0.1, 0.15) is 55.5 Å². The van der Waals surface area contributed by atoms with Crippen LogP contribution in [0.5, 0.6) is 0 Å². The van der Waals surface area contributed by atoms with Crippen LogP contribution >= 0.6 is 0 Å². The molecule has 1 aromatic rings. The van der Waals surface area contributed by atoms with Gasteiger partial charge in [0.2, 0.25) is 0 Å². The van der Waals surface area contributed by atoms with Crippen molar-refractivity contribution >= 4 is 5.91 Å². The summed E-state index contributed by atoms with van der Waals surface area (Å²) in [6, 6.07) is 9.56. The van der Waals surface area contributed by atoms with Gasteiger partial charge in [0.25, 0.3) is 5.91 Å². The number of hydrogen-bond donors (Lipinski definition) is 2. The highest BCUT2D eigenvalue weighted by Gasteiger charge is 2.44. The summed E-state index contributed by atoms with van der Waals surface area (Å²) in [5, 5.41) is 22.1. The van der Waals surface area contributed by atoms with Crippen molar-refractivity contribution in [3.8, 4) is 6.07 Å². The Morgan fingerprint density at radius 3 is 2.33 bits per heavy atom. The molecular formula is C17H22N2O2. The Hall–Kier alpha value is -1.86. The van der Waals surface area contributed by atoms with Crippen LogP contribution in [0, 0.1) is 11.3 Å². The molecule has 4 nitrogen and oxygen atoms in total. The number of rotatable bonds is 6. The maximum Gasteiger partial charge on any atom is 0.251 e. The van der Waals surface area contributed by atoms with Crippen LogP contribution in [0.3, 0.4) is 0 Å². The smallest absolute Gasteiger partial charge is 0.251 e. The lowest BCUT2D eigenvalue weighted by molar-refractivity contribution is 0.0314. The number of nitriles is 1. The highest BCUT2D eigenvalue weighted by Crippen LogP contribution is 2.47. The molecule has 0 bridgehead atoms. The molecule has 0 radical (unpaired) electrons. The molecule has 21 heavy (non-hydrogen) atoms. The fraction of sp³-hybridized carbons (Fsp3) is 0.529. The molecule has 1 aliphatic carbocycles. The first kappa shape index (κ1) is 15.5. The molecule has 0 atom stereocenters. The summed E-state index contributed by atoms with van der Waals surface area (Å²) in [5.41, 5.74) is 0.385. The highest BCUT2D eigenvalue weighted by molar-refractivity contribution is 5.94. The topological polar surface area (TPSA) is 73.1 Å². The number of carbonyl (C=O) groups is 1. The fourth-order valence-electron chi connectivity index (χ4n) is 2.38. The van der Waals surface area contributed by atoms with E-state index in [4.69, 9.17) is 5.26 Å². The average Bonchev–Trinajstić information content (AvgIpc) is 3.33. The fourth-order valence-corrected chi connectivity index (χ4v) is 2.38. The Morgan fingerprint density at radius 1 is 1.33 bits per heavy atom. The maximum atomic E-state index is 12.1. The van der Waals surface area contributed by atoms with Crippen molar-refractivity contribution in [2.45, 2.75) is 50.5 Å². The molecule has 2 N–H and O–H groups in total. The third kappa shape index (κ3) is 3.25. The minimum Gasteiger partial charge on any atom is -0.388 e. The first-order chi connectivity index (χ1) is 9.98. The van der Waals surface area contributed by atoms with Gasteiger partial charge in [-0.15, -0.1) is 0 Å². The van der Waals surface area contributed by atoms with Crippen molar-refractivity contribution in [1.29, 1.82) is 5.26 Å². The molecule has 4 heteroatoms. The Kier molecular flexibility index (Phi) is 4.34. The zero-order valence-corrected chi connectivity index (χ0v) is 12.6. The van der Waals surface area contributed by atoms with Gasteiger partial charge in [0, 0.05) is 12.1 Å². The summed E-state index contributed by atoms with van der Waals surface area (Å²) in [5.74, 6) is -0.191. The molecule has 2 rings (SSSR count). The second-order valence-corrected chi connectivity index (χ2v) is 5.89. The summed E-state index contributed by atoms with van der Waals surface area (Å²) < 4.78 is 0. The third-order valence-electron chi connectivity index (χ3n) is 4.56. The van der Waals surface area contributed by atoms with Crippen molar-refractivity contribution in [3.63, 3.8) is 0 Å². The number of benzene rings is 1. The van der Waals surface area contributed by atoms with Crippen molar-refractivity contribution in [2.75, 3.05) is 6.54 Å². The lowest BCUT2D eigenvalue weighted by Gasteiger charge is -2.25. The van der Waals surface area contributed by atoms with E-state index >= 15 is 0 Å². The SMILES string of the molecule is CCC(O)(CC)CNC(=O)c1ccc(C2(C#N)CC2)cc1. The average molecular weight is 286 g/mol. The summed E-state index contributed by atoms with van der Waals surface area (Å²) in [6.45, 7) is 4.06. The second kappa shape index (κ2) is 5.87. The predicted octanol–water partition coefficient (Wildman–Crippen LogP) is 2.52. The van der Waals surface area contributed by atoms with E-state index in [0.717, 1.165) is 18.4 Å². The van der Waals surface area contributed by atoms with Gasteiger partial charge in [0.1, 0.15) is 0 Å². The molecule has 0 spiro atoms. The first-order valence-corrected chi connectivity index (χ1v) is 7.51. The summed E-state index contributed by atoms with van der Waals surface area (Å²) in [4.78, 5) is 12.1. The van der Waals surface area contributed by atoms with Crippen LogP contribution in [0.2, 0.25) is 0 Å². The largest absolute Gasteiger partial charge is 0.388 e. The number of hydrogen-bond acceptors (Lipinski definition) is 3. The van der Waals surface area contributed by atoms with Crippen LogP contribution in [0.15, 0.2) is 24.3 Å². The molecule has 0 aliphatic heterocycles. The molecule has 1 aliphatic rings. The lowest BCUT2D eigenvalue weighted by atomic mass is 9.96. The number of nitrogens with one attached hydrogen (secondary N) is 1. The molecule has 1 amide bonds. The van der Waals surface area contributed by atoms with Crippen molar-refractivity contribution in [3.05, 3.63) is 35.4 Å². The molecule has 0 aromatic heterocycles. The van der Waals surface area contributed by atoms with Gasteiger partial charge in [-0.2, -0.15) is 5.26 Å². The Morgan fingerprint density at radius 2 is 1.90 bits per heavy atom. The van der Waals surface area contributed by atoms with Gasteiger partial charge < -0.3 is 10.4 Å². The van der Waals surface area contributed by atoms with Gasteiger partial charge in [0.15, 0.2) is 0 Å². The van der Waals surface area contributed by atoms with Gasteiger partial charge in [-0.25, -0.2) is 0 Å². The molecule has 1 saturated carbocycles. The van der Waals surface area contributed by atoms with E-state index in [0.29, 0.717) is 18.4 Å². The van der Waals surface area contributed by atoms with Crippen LogP contribution in [0.25, 0.3) is 0 Å². The van der Waals surface area contributed by atoms with E-state index < -0.39 is 5.60 Å². The number of aliphatic hydroxyl groups is 1. The normalized spacial score (nSPS) is 16.1. The Balaban J connectivity index is 1.99. The Labute approximate surface area is 125 Å². The molecule has 112 valence electrons. The minimum absolute atomic E-state index is 0.191. The quantitative estimate of drug-likeness (QED) is 0.844. The molecular weight excluding hydrogens is 264 g/mol. The van der Waals surface area contributed by atoms with E-state index in [9.17, 15) is 9.90 Å². The second-order valence-electron chi connectivity index (χ2n) is 5.89. The molecule has 0 unspecified atom stereocenters. The summed E-state index contributed by atoms with van der Waals surface area (Å²) in [7, 11) is 0. The molecule has 0 heterocycles. The van der Waals surface area contributed by atoms with E-state index in [1.54, 1.807) is 12.1 Å². The van der Waals surface area contributed by atoms with Crippen LogP contribution in [0.4, 0.5) is 0 Å². The molecule has 1 aromatic carbocycles. The van der Waals surface area contributed by atoms with Gasteiger partial charge in [-0.1, -0.05) is 26.0 Å². The van der Waals surface area contributed by atoms with E-state index in [1.165, 1.54) is 0 Å². The highest BCUT2D eigenvalue weighted by atomic mass is 16.3. The molecule has 0 saturated heterocycles. The van der Waals surface area contributed by atoms with Gasteiger partial charge >= 0.3 is 0 Å². The molecule has 1 fully saturated rings. The first-order valence-electron chi connectivity index (χ1n) is 7.51. The summed E-state index contributed by atoms with van der Waals surface area (Å²) in [6.07, 6.45) is 3.00. The number of nitrogens with zero attached hydrogens (tertiary/aromatic N) is 1. The van der Waals surface area contributed by atoms with E-state index in [2.05, 4.69) is 11.4 Å². The van der Waals surface area contributed by atoms with Gasteiger partial charge in [-0.3, -0.25) is 4.79 Å².